The van der Waals surface area contributed by atoms with Crippen molar-refractivity contribution in [3.05, 3.63) is 16.5 Å². The molecule has 1 saturated carbocycles. The Morgan fingerprint density at radius 1 is 1.48 bits per heavy atom. The lowest BCUT2D eigenvalue weighted by atomic mass is 10.1. The van der Waals surface area contributed by atoms with Gasteiger partial charge in [-0.3, -0.25) is 0 Å². The molecule has 1 unspecified atom stereocenters. The SMILES string of the molecule is CCCNCc1cc(S(=O)(=O)NCC2CC2(C)C)c(Br)o1. The quantitative estimate of drug-likeness (QED) is 0.682. The highest BCUT2D eigenvalue weighted by atomic mass is 79.9. The van der Waals surface area contributed by atoms with Crippen molar-refractivity contribution in [3.63, 3.8) is 0 Å². The lowest BCUT2D eigenvalue weighted by Gasteiger charge is -2.06. The molecule has 0 saturated heterocycles. The van der Waals surface area contributed by atoms with Gasteiger partial charge in [0.15, 0.2) is 4.67 Å². The number of hydrogen-bond donors (Lipinski definition) is 2. The van der Waals surface area contributed by atoms with Crippen LogP contribution in [0.15, 0.2) is 20.0 Å². The molecule has 1 aromatic heterocycles. The summed E-state index contributed by atoms with van der Waals surface area (Å²) >= 11 is 3.19. The maximum Gasteiger partial charge on any atom is 0.244 e. The first-order chi connectivity index (χ1) is 9.76. The fraction of sp³-hybridized carbons (Fsp3) is 0.714. The van der Waals surface area contributed by atoms with Gasteiger partial charge in [-0.25, -0.2) is 13.1 Å². The van der Waals surface area contributed by atoms with E-state index in [1.807, 2.05) is 0 Å². The topological polar surface area (TPSA) is 71.3 Å². The Morgan fingerprint density at radius 2 is 2.14 bits per heavy atom. The Labute approximate surface area is 135 Å². The minimum Gasteiger partial charge on any atom is -0.452 e. The number of hydrogen-bond acceptors (Lipinski definition) is 4. The van der Waals surface area contributed by atoms with Gasteiger partial charge in [0, 0.05) is 12.6 Å². The van der Waals surface area contributed by atoms with Gasteiger partial charge in [0.2, 0.25) is 10.0 Å². The van der Waals surface area contributed by atoms with Gasteiger partial charge < -0.3 is 9.73 Å². The van der Waals surface area contributed by atoms with E-state index in [1.165, 1.54) is 0 Å². The Morgan fingerprint density at radius 3 is 2.71 bits per heavy atom. The highest BCUT2D eigenvalue weighted by molar-refractivity contribution is 9.10. The summed E-state index contributed by atoms with van der Waals surface area (Å²) in [5.74, 6) is 1.03. The van der Waals surface area contributed by atoms with E-state index in [0.717, 1.165) is 19.4 Å². The average Bonchev–Trinajstić information content (AvgIpc) is 2.81. The zero-order valence-corrected chi connectivity index (χ0v) is 15.1. The second-order valence-corrected chi connectivity index (χ2v) is 8.72. The van der Waals surface area contributed by atoms with Crippen molar-refractivity contribution in [2.45, 2.75) is 45.1 Å². The van der Waals surface area contributed by atoms with E-state index in [-0.39, 0.29) is 15.0 Å². The smallest absolute Gasteiger partial charge is 0.244 e. The van der Waals surface area contributed by atoms with E-state index >= 15 is 0 Å². The molecule has 2 N–H and O–H groups in total. The summed E-state index contributed by atoms with van der Waals surface area (Å²) < 4.78 is 33.0. The van der Waals surface area contributed by atoms with Crippen LogP contribution < -0.4 is 10.0 Å². The molecule has 2 rings (SSSR count). The monoisotopic (exact) mass is 378 g/mol. The third-order valence-corrected chi connectivity index (χ3v) is 6.24. The van der Waals surface area contributed by atoms with Crippen molar-refractivity contribution in [2.75, 3.05) is 13.1 Å². The number of sulfonamides is 1. The normalized spacial score (nSPS) is 20.7. The fourth-order valence-electron chi connectivity index (χ4n) is 2.27. The summed E-state index contributed by atoms with van der Waals surface area (Å²) in [4.78, 5) is 0.175. The molecule has 1 aliphatic carbocycles. The maximum atomic E-state index is 12.3. The molecule has 1 heterocycles. The molecule has 1 aliphatic rings. The molecule has 1 aromatic rings. The van der Waals surface area contributed by atoms with Gasteiger partial charge in [-0.2, -0.15) is 0 Å². The second kappa shape index (κ2) is 6.40. The molecule has 7 heteroatoms. The van der Waals surface area contributed by atoms with Crippen LogP contribution in [0, 0.1) is 11.3 Å². The summed E-state index contributed by atoms with van der Waals surface area (Å²) in [7, 11) is -3.52. The summed E-state index contributed by atoms with van der Waals surface area (Å²) in [5, 5.41) is 3.18. The fourth-order valence-corrected chi connectivity index (χ4v) is 4.35. The predicted octanol–water partition coefficient (Wildman–Crippen LogP) is 2.87. The van der Waals surface area contributed by atoms with E-state index in [0.29, 0.717) is 24.8 Å². The second-order valence-electron chi connectivity index (χ2n) is 6.27. The minimum absolute atomic E-state index is 0.175. The van der Waals surface area contributed by atoms with Crippen LogP contribution >= 0.6 is 15.9 Å². The number of furan rings is 1. The molecule has 5 nitrogen and oxygen atoms in total. The van der Waals surface area contributed by atoms with Crippen molar-refractivity contribution in [1.29, 1.82) is 0 Å². The summed E-state index contributed by atoms with van der Waals surface area (Å²) in [5.41, 5.74) is 0.255. The maximum absolute atomic E-state index is 12.3. The van der Waals surface area contributed by atoms with Crippen LogP contribution in [-0.4, -0.2) is 21.5 Å². The van der Waals surface area contributed by atoms with Gasteiger partial charge in [0.05, 0.1) is 6.54 Å². The van der Waals surface area contributed by atoms with Crippen LogP contribution in [-0.2, 0) is 16.6 Å². The predicted molar refractivity (Wildman–Crippen MR) is 85.5 cm³/mol. The van der Waals surface area contributed by atoms with E-state index in [9.17, 15) is 8.42 Å². The third-order valence-electron chi connectivity index (χ3n) is 3.96. The van der Waals surface area contributed by atoms with Gasteiger partial charge >= 0.3 is 0 Å². The number of nitrogens with one attached hydrogen (secondary N) is 2. The van der Waals surface area contributed by atoms with Crippen LogP contribution in [0.3, 0.4) is 0 Å². The average molecular weight is 379 g/mol. The molecular weight excluding hydrogens is 356 g/mol. The molecule has 0 aliphatic heterocycles. The first-order valence-electron chi connectivity index (χ1n) is 7.25. The van der Waals surface area contributed by atoms with Crippen LogP contribution in [0.2, 0.25) is 0 Å². The Kier molecular flexibility index (Phi) is 5.18. The van der Waals surface area contributed by atoms with Gasteiger partial charge in [0.1, 0.15) is 10.7 Å². The summed E-state index contributed by atoms with van der Waals surface area (Å²) in [6, 6.07) is 1.58. The Bertz CT molecular complexity index is 595. The molecule has 21 heavy (non-hydrogen) atoms. The van der Waals surface area contributed by atoms with E-state index < -0.39 is 10.0 Å². The zero-order valence-electron chi connectivity index (χ0n) is 12.7. The zero-order chi connectivity index (χ0) is 15.7. The van der Waals surface area contributed by atoms with Crippen molar-refractivity contribution in [1.82, 2.24) is 10.0 Å². The first-order valence-corrected chi connectivity index (χ1v) is 9.52. The van der Waals surface area contributed by atoms with Gasteiger partial charge in [-0.15, -0.1) is 0 Å². The highest BCUT2D eigenvalue weighted by Crippen LogP contribution is 2.51. The van der Waals surface area contributed by atoms with Gasteiger partial charge in [-0.05, 0) is 46.6 Å². The standard InChI is InChI=1S/C14H23BrN2O3S/c1-4-5-16-9-11-6-12(13(15)20-11)21(18,19)17-8-10-7-14(10,2)3/h6,10,16-17H,4-5,7-9H2,1-3H3. The first kappa shape index (κ1) is 17.0. The lowest BCUT2D eigenvalue weighted by molar-refractivity contribution is 0.460. The third kappa shape index (κ3) is 4.31. The van der Waals surface area contributed by atoms with Crippen molar-refractivity contribution in [2.24, 2.45) is 11.3 Å². The number of rotatable bonds is 8. The molecular formula is C14H23BrN2O3S. The molecule has 0 aromatic carbocycles. The van der Waals surface area contributed by atoms with Gasteiger partial charge in [0.25, 0.3) is 0 Å². The van der Waals surface area contributed by atoms with E-state index in [2.05, 4.69) is 46.7 Å². The Balaban J connectivity index is 1.99. The molecule has 0 amide bonds. The van der Waals surface area contributed by atoms with Gasteiger partial charge in [-0.1, -0.05) is 20.8 Å². The minimum atomic E-state index is -3.52. The largest absolute Gasteiger partial charge is 0.452 e. The van der Waals surface area contributed by atoms with Crippen LogP contribution in [0.25, 0.3) is 0 Å². The highest BCUT2D eigenvalue weighted by Gasteiger charge is 2.45. The van der Waals surface area contributed by atoms with Crippen LogP contribution in [0.5, 0.6) is 0 Å². The molecule has 120 valence electrons. The van der Waals surface area contributed by atoms with Crippen molar-refractivity contribution < 1.29 is 12.8 Å². The molecule has 0 radical (unpaired) electrons. The lowest BCUT2D eigenvalue weighted by Crippen LogP contribution is -2.26. The summed E-state index contributed by atoms with van der Waals surface area (Å²) in [6.45, 7) is 8.25. The molecule has 1 fully saturated rings. The molecule has 1 atom stereocenters. The van der Waals surface area contributed by atoms with Crippen molar-refractivity contribution >= 4 is 26.0 Å². The molecule has 0 bridgehead atoms. The molecule has 0 spiro atoms. The van der Waals surface area contributed by atoms with Crippen molar-refractivity contribution in [3.8, 4) is 0 Å². The van der Waals surface area contributed by atoms with Crippen LogP contribution in [0.4, 0.5) is 0 Å². The number of halogens is 1. The Hall–Kier alpha value is -0.370. The van der Waals surface area contributed by atoms with E-state index in [4.69, 9.17) is 4.42 Å². The van der Waals surface area contributed by atoms with E-state index in [1.54, 1.807) is 6.07 Å². The summed E-state index contributed by atoms with van der Waals surface area (Å²) in [6.07, 6.45) is 2.08. The van der Waals surface area contributed by atoms with Crippen LogP contribution in [0.1, 0.15) is 39.4 Å².